The van der Waals surface area contributed by atoms with Crippen LogP contribution in [0.3, 0.4) is 0 Å². The van der Waals surface area contributed by atoms with Crippen molar-refractivity contribution in [3.8, 4) is 0 Å². The van der Waals surface area contributed by atoms with E-state index in [1.165, 1.54) is 10.4 Å². The maximum Gasteiger partial charge on any atom is 0.243 e. The van der Waals surface area contributed by atoms with Crippen molar-refractivity contribution in [3.05, 3.63) is 60.4 Å². The lowest BCUT2D eigenvalue weighted by Crippen LogP contribution is -2.48. The molecule has 2 aromatic carbocycles. The average Bonchev–Trinajstić information content (AvgIpc) is 2.86. The summed E-state index contributed by atoms with van der Waals surface area (Å²) in [7, 11) is -3.46. The molecule has 2 saturated heterocycles. The van der Waals surface area contributed by atoms with Gasteiger partial charge in [0.25, 0.3) is 0 Å². The number of sulfonamides is 1. The summed E-state index contributed by atoms with van der Waals surface area (Å²) in [5, 5.41) is 3.01. The maximum absolute atomic E-state index is 14.0. The van der Waals surface area contributed by atoms with Gasteiger partial charge in [0, 0.05) is 58.8 Å². The van der Waals surface area contributed by atoms with E-state index in [4.69, 9.17) is 0 Å². The zero-order valence-corrected chi connectivity index (χ0v) is 20.2. The van der Waals surface area contributed by atoms with Crippen molar-refractivity contribution in [2.45, 2.75) is 24.2 Å². The third-order valence-corrected chi connectivity index (χ3v) is 8.66. The van der Waals surface area contributed by atoms with Crippen LogP contribution in [0.2, 0.25) is 0 Å². The van der Waals surface area contributed by atoms with Crippen molar-refractivity contribution in [1.82, 2.24) is 14.5 Å². The fraction of sp³-hybridized carbons (Fsp3) is 0.480. The molecule has 1 N–H and O–H groups in total. The molecule has 0 radical (unpaired) electrons. The minimum absolute atomic E-state index is 0.0226. The minimum Gasteiger partial charge on any atom is -0.367 e. The van der Waals surface area contributed by atoms with Gasteiger partial charge < -0.3 is 10.2 Å². The smallest absolute Gasteiger partial charge is 0.243 e. The third-order valence-electron chi connectivity index (χ3n) is 6.74. The first-order chi connectivity index (χ1) is 16.4. The van der Waals surface area contributed by atoms with Gasteiger partial charge >= 0.3 is 0 Å². The van der Waals surface area contributed by atoms with Gasteiger partial charge in [0.15, 0.2) is 0 Å². The summed E-state index contributed by atoms with van der Waals surface area (Å²) in [6.07, 6.45) is 1.81. The van der Waals surface area contributed by atoms with Crippen LogP contribution >= 0.6 is 0 Å². The monoisotopic (exact) mass is 488 g/mol. The number of para-hydroxylation sites is 1. The molecule has 184 valence electrons. The molecule has 2 fully saturated rings. The quantitative estimate of drug-likeness (QED) is 0.618. The number of hydrogen-bond donors (Lipinski definition) is 1. The van der Waals surface area contributed by atoms with Gasteiger partial charge in [-0.05, 0) is 43.0 Å². The minimum atomic E-state index is -3.46. The lowest BCUT2D eigenvalue weighted by atomic mass is 9.94. The number of amides is 1. The highest BCUT2D eigenvalue weighted by Gasteiger charge is 2.30. The Hall–Kier alpha value is -2.49. The van der Waals surface area contributed by atoms with E-state index < -0.39 is 10.0 Å². The molecule has 34 heavy (non-hydrogen) atoms. The number of hydrogen-bond acceptors (Lipinski definition) is 5. The molecule has 7 nitrogen and oxygen atoms in total. The first-order valence-corrected chi connectivity index (χ1v) is 13.4. The second-order valence-electron chi connectivity index (χ2n) is 8.99. The number of carbonyl (C=O) groups is 1. The van der Waals surface area contributed by atoms with Gasteiger partial charge in [-0.3, -0.25) is 9.69 Å². The molecule has 2 heterocycles. The molecule has 0 unspecified atom stereocenters. The number of piperazine rings is 1. The highest BCUT2D eigenvalue weighted by Crippen LogP contribution is 2.25. The molecule has 4 rings (SSSR count). The lowest BCUT2D eigenvalue weighted by Gasteiger charge is -2.36. The topological polar surface area (TPSA) is 73.0 Å². The van der Waals surface area contributed by atoms with Gasteiger partial charge in [0.05, 0.1) is 10.6 Å². The summed E-state index contributed by atoms with van der Waals surface area (Å²) in [6.45, 7) is 5.43. The Kier molecular flexibility index (Phi) is 8.18. The summed E-state index contributed by atoms with van der Waals surface area (Å²) < 4.78 is 41.0. The molecule has 2 aliphatic heterocycles. The molecule has 0 saturated carbocycles. The molecule has 1 amide bonds. The Bertz CT molecular complexity index is 1050. The molecule has 0 bridgehead atoms. The summed E-state index contributed by atoms with van der Waals surface area (Å²) in [5.74, 6) is 0.0348. The van der Waals surface area contributed by atoms with Crippen LogP contribution in [0.1, 0.15) is 19.3 Å². The predicted octanol–water partition coefficient (Wildman–Crippen LogP) is 2.55. The summed E-state index contributed by atoms with van der Waals surface area (Å²) in [6, 6.07) is 15.4. The van der Waals surface area contributed by atoms with Gasteiger partial charge in [-0.1, -0.05) is 30.3 Å². The van der Waals surface area contributed by atoms with Gasteiger partial charge in [-0.2, -0.15) is 4.31 Å². The molecule has 0 aliphatic carbocycles. The number of piperidine rings is 1. The molecule has 2 aromatic rings. The summed E-state index contributed by atoms with van der Waals surface area (Å²) in [5.41, 5.74) is 0.651. The molecule has 0 atom stereocenters. The summed E-state index contributed by atoms with van der Waals surface area (Å²) >= 11 is 0. The standard InChI is InChI=1S/C25H33FN4O3S/c26-23-8-4-5-9-24(23)29-18-16-28(17-19-29)15-12-27-25(31)20-21-10-13-30(14-11-21)34(32,33)22-6-2-1-3-7-22/h1-9,21H,10-20H2,(H,27,31). The van der Waals surface area contributed by atoms with Crippen LogP contribution in [0.4, 0.5) is 10.1 Å². The molecular weight excluding hydrogens is 455 g/mol. The maximum atomic E-state index is 14.0. The Morgan fingerprint density at radius 2 is 1.56 bits per heavy atom. The fourth-order valence-electron chi connectivity index (χ4n) is 4.70. The van der Waals surface area contributed by atoms with E-state index in [1.54, 1.807) is 36.4 Å². The van der Waals surface area contributed by atoms with Gasteiger partial charge in [-0.25, -0.2) is 12.8 Å². The van der Waals surface area contributed by atoms with E-state index >= 15 is 0 Å². The number of nitrogens with zero attached hydrogens (tertiary/aromatic N) is 3. The Labute approximate surface area is 201 Å². The van der Waals surface area contributed by atoms with Crippen LogP contribution in [0.15, 0.2) is 59.5 Å². The van der Waals surface area contributed by atoms with Crippen molar-refractivity contribution < 1.29 is 17.6 Å². The van der Waals surface area contributed by atoms with Crippen LogP contribution in [0, 0.1) is 11.7 Å². The first-order valence-electron chi connectivity index (χ1n) is 12.0. The van der Waals surface area contributed by atoms with Crippen molar-refractivity contribution in [1.29, 1.82) is 0 Å². The number of benzene rings is 2. The molecule has 0 aromatic heterocycles. The lowest BCUT2D eigenvalue weighted by molar-refractivity contribution is -0.122. The van der Waals surface area contributed by atoms with Crippen molar-refractivity contribution >= 4 is 21.6 Å². The zero-order valence-electron chi connectivity index (χ0n) is 19.4. The average molecular weight is 489 g/mol. The molecular formula is C25H33FN4O3S. The van der Waals surface area contributed by atoms with Crippen molar-refractivity contribution in [2.75, 3.05) is 57.3 Å². The van der Waals surface area contributed by atoms with Gasteiger partial charge in [-0.15, -0.1) is 0 Å². The number of carbonyl (C=O) groups excluding carboxylic acids is 1. The highest BCUT2D eigenvalue weighted by atomic mass is 32.2. The van der Waals surface area contributed by atoms with Crippen LogP contribution in [0.5, 0.6) is 0 Å². The van der Waals surface area contributed by atoms with Crippen molar-refractivity contribution in [2.24, 2.45) is 5.92 Å². The number of anilines is 1. The van der Waals surface area contributed by atoms with Gasteiger partial charge in [0.2, 0.25) is 15.9 Å². The Morgan fingerprint density at radius 1 is 0.912 bits per heavy atom. The van der Waals surface area contributed by atoms with E-state index in [1.807, 2.05) is 12.1 Å². The second-order valence-corrected chi connectivity index (χ2v) is 10.9. The van der Waals surface area contributed by atoms with E-state index in [0.717, 1.165) is 32.7 Å². The predicted molar refractivity (Wildman–Crippen MR) is 131 cm³/mol. The molecule has 2 aliphatic rings. The van der Waals surface area contributed by atoms with E-state index in [0.29, 0.717) is 49.5 Å². The molecule has 0 spiro atoms. The van der Waals surface area contributed by atoms with E-state index in [2.05, 4.69) is 15.1 Å². The van der Waals surface area contributed by atoms with Crippen LogP contribution in [0.25, 0.3) is 0 Å². The number of rotatable bonds is 8. The van der Waals surface area contributed by atoms with E-state index in [-0.39, 0.29) is 17.6 Å². The summed E-state index contributed by atoms with van der Waals surface area (Å²) in [4.78, 5) is 17.1. The number of halogens is 1. The molecule has 9 heteroatoms. The largest absolute Gasteiger partial charge is 0.367 e. The van der Waals surface area contributed by atoms with E-state index in [9.17, 15) is 17.6 Å². The first kappa shape index (κ1) is 24.6. The number of nitrogens with one attached hydrogen (secondary N) is 1. The second kappa shape index (κ2) is 11.3. The SMILES string of the molecule is O=C(CC1CCN(S(=O)(=O)c2ccccc2)CC1)NCCN1CCN(c2ccccc2F)CC1. The van der Waals surface area contributed by atoms with Crippen LogP contribution in [-0.2, 0) is 14.8 Å². The fourth-order valence-corrected chi connectivity index (χ4v) is 6.19. The normalized spacial score (nSPS) is 18.7. The Morgan fingerprint density at radius 3 is 2.24 bits per heavy atom. The van der Waals surface area contributed by atoms with Crippen LogP contribution in [-0.4, -0.2) is 75.9 Å². The van der Waals surface area contributed by atoms with Crippen molar-refractivity contribution in [3.63, 3.8) is 0 Å². The van der Waals surface area contributed by atoms with Crippen LogP contribution < -0.4 is 10.2 Å². The Balaban J connectivity index is 1.13. The zero-order chi connectivity index (χ0) is 24.0. The third kappa shape index (κ3) is 6.14. The highest BCUT2D eigenvalue weighted by molar-refractivity contribution is 7.89. The van der Waals surface area contributed by atoms with Gasteiger partial charge in [0.1, 0.15) is 5.82 Å².